The van der Waals surface area contributed by atoms with Crippen molar-refractivity contribution in [2.24, 2.45) is 0 Å². The number of rotatable bonds is 2. The minimum atomic E-state index is -4.80. The van der Waals surface area contributed by atoms with Gasteiger partial charge in [-0.05, 0) is 6.07 Å². The van der Waals surface area contributed by atoms with E-state index in [-0.39, 0.29) is 0 Å². The molecule has 1 aromatic rings. The minimum Gasteiger partial charge on any atom is -0.391 e. The Balaban J connectivity index is 3.62. The number of aliphatic hydroxyl groups excluding tert-OH is 1. The highest BCUT2D eigenvalue weighted by Crippen LogP contribution is 2.36. The molecule has 0 atom stereocenters. The van der Waals surface area contributed by atoms with Crippen molar-refractivity contribution in [3.05, 3.63) is 38.9 Å². The van der Waals surface area contributed by atoms with Gasteiger partial charge in [0.2, 0.25) is 0 Å². The first kappa shape index (κ1) is 12.9. The van der Waals surface area contributed by atoms with Crippen LogP contribution in [0, 0.1) is 21.4 Å². The van der Waals surface area contributed by atoms with Crippen molar-refractivity contribution in [3.63, 3.8) is 0 Å². The lowest BCUT2D eigenvalue weighted by atomic mass is 10.00. The van der Waals surface area contributed by atoms with Crippen LogP contribution < -0.4 is 0 Å². The molecule has 0 aliphatic heterocycles. The van der Waals surface area contributed by atoms with Crippen LogP contribution >= 0.6 is 0 Å². The van der Waals surface area contributed by atoms with Gasteiger partial charge in [0.15, 0.2) is 0 Å². The van der Waals surface area contributed by atoms with Gasteiger partial charge in [-0.3, -0.25) is 10.1 Å². The summed E-state index contributed by atoms with van der Waals surface area (Å²) in [7, 11) is 0. The average Bonchev–Trinajstić information content (AvgIpc) is 2.25. The summed E-state index contributed by atoms with van der Waals surface area (Å²) in [6.07, 6.45) is -4.80. The van der Waals surface area contributed by atoms with E-state index < -0.39 is 40.1 Å². The fourth-order valence-electron chi connectivity index (χ4n) is 1.33. The number of nitro groups is 1. The van der Waals surface area contributed by atoms with Crippen molar-refractivity contribution in [2.75, 3.05) is 0 Å². The maximum atomic E-state index is 12.5. The number of halogens is 3. The van der Waals surface area contributed by atoms with E-state index in [0.29, 0.717) is 12.1 Å². The molecule has 5 nitrogen and oxygen atoms in total. The third-order valence-electron chi connectivity index (χ3n) is 2.06. The fraction of sp³-hybridized carbons (Fsp3) is 0.222. The molecule has 8 heteroatoms. The van der Waals surface area contributed by atoms with Crippen molar-refractivity contribution in [2.45, 2.75) is 12.8 Å². The summed E-state index contributed by atoms with van der Waals surface area (Å²) in [4.78, 5) is 9.56. The molecule has 0 saturated carbocycles. The van der Waals surface area contributed by atoms with Gasteiger partial charge >= 0.3 is 6.18 Å². The van der Waals surface area contributed by atoms with Gasteiger partial charge in [-0.15, -0.1) is 0 Å². The average molecular weight is 246 g/mol. The lowest BCUT2D eigenvalue weighted by molar-refractivity contribution is -0.385. The summed E-state index contributed by atoms with van der Waals surface area (Å²) in [6.45, 7) is -1.01. The van der Waals surface area contributed by atoms with Gasteiger partial charge in [0.05, 0.1) is 28.2 Å². The molecule has 0 spiro atoms. The second-order valence-electron chi connectivity index (χ2n) is 3.01. The molecule has 0 unspecified atom stereocenters. The predicted molar refractivity (Wildman–Crippen MR) is 48.7 cm³/mol. The molecule has 0 amide bonds. The summed E-state index contributed by atoms with van der Waals surface area (Å²) >= 11 is 0. The zero-order valence-corrected chi connectivity index (χ0v) is 8.15. The Bertz CT molecular complexity index is 505. The highest BCUT2D eigenvalue weighted by atomic mass is 19.4. The summed E-state index contributed by atoms with van der Waals surface area (Å²) in [5, 5.41) is 28.0. The molecule has 1 N–H and O–H groups in total. The van der Waals surface area contributed by atoms with Crippen LogP contribution in [0.25, 0.3) is 0 Å². The van der Waals surface area contributed by atoms with Crippen LogP contribution in [0.5, 0.6) is 0 Å². The Kier molecular flexibility index (Phi) is 3.34. The third-order valence-corrected chi connectivity index (χ3v) is 2.06. The Hall–Kier alpha value is -2.14. The van der Waals surface area contributed by atoms with Crippen LogP contribution in [0.4, 0.5) is 18.9 Å². The van der Waals surface area contributed by atoms with E-state index in [1.54, 1.807) is 0 Å². The van der Waals surface area contributed by atoms with Crippen molar-refractivity contribution in [1.82, 2.24) is 0 Å². The number of hydrogen-bond acceptors (Lipinski definition) is 4. The van der Waals surface area contributed by atoms with Crippen LogP contribution in [-0.2, 0) is 12.8 Å². The van der Waals surface area contributed by atoms with E-state index in [0.717, 1.165) is 0 Å². The van der Waals surface area contributed by atoms with Crippen LogP contribution in [0.15, 0.2) is 12.1 Å². The van der Waals surface area contributed by atoms with Crippen molar-refractivity contribution >= 4 is 5.69 Å². The largest absolute Gasteiger partial charge is 0.417 e. The highest BCUT2D eigenvalue weighted by molar-refractivity contribution is 5.55. The number of nitro benzene ring substituents is 1. The monoisotopic (exact) mass is 246 g/mol. The van der Waals surface area contributed by atoms with Crippen molar-refractivity contribution in [3.8, 4) is 6.07 Å². The molecule has 17 heavy (non-hydrogen) atoms. The zero-order valence-electron chi connectivity index (χ0n) is 8.15. The molecule has 90 valence electrons. The number of nitrogens with zero attached hydrogens (tertiary/aromatic N) is 2. The van der Waals surface area contributed by atoms with Crippen LogP contribution in [0.2, 0.25) is 0 Å². The number of hydrogen-bond donors (Lipinski definition) is 1. The molecule has 0 aliphatic rings. The summed E-state index contributed by atoms with van der Waals surface area (Å²) in [6, 6.07) is 2.31. The summed E-state index contributed by atoms with van der Waals surface area (Å²) < 4.78 is 37.4. The molecule has 0 aromatic heterocycles. The number of nitriles is 1. The first-order chi connectivity index (χ1) is 7.82. The van der Waals surface area contributed by atoms with Gasteiger partial charge in [0.1, 0.15) is 6.07 Å². The van der Waals surface area contributed by atoms with Gasteiger partial charge in [0, 0.05) is 6.07 Å². The minimum absolute atomic E-state index is 0.454. The SMILES string of the molecule is N#Cc1c(C(F)(F)F)ccc([N+](=O)[O-])c1CO. The van der Waals surface area contributed by atoms with E-state index in [1.807, 2.05) is 0 Å². The third kappa shape index (κ3) is 2.34. The molecule has 0 aliphatic carbocycles. The Labute approximate surface area is 92.9 Å². The molecule has 0 fully saturated rings. The normalized spacial score (nSPS) is 11.0. The number of aliphatic hydroxyl groups is 1. The van der Waals surface area contributed by atoms with Gasteiger partial charge in [-0.2, -0.15) is 18.4 Å². The molecular weight excluding hydrogens is 241 g/mol. The molecule has 1 rings (SSSR count). The van der Waals surface area contributed by atoms with Gasteiger partial charge in [-0.1, -0.05) is 0 Å². The van der Waals surface area contributed by atoms with Crippen LogP contribution in [0.1, 0.15) is 16.7 Å². The smallest absolute Gasteiger partial charge is 0.391 e. The molecular formula is C9H5F3N2O3. The van der Waals surface area contributed by atoms with E-state index in [2.05, 4.69) is 0 Å². The molecule has 0 radical (unpaired) electrons. The maximum Gasteiger partial charge on any atom is 0.417 e. The second-order valence-corrected chi connectivity index (χ2v) is 3.01. The Morgan fingerprint density at radius 2 is 2.06 bits per heavy atom. The van der Waals surface area contributed by atoms with E-state index in [4.69, 9.17) is 10.4 Å². The first-order valence-corrected chi connectivity index (χ1v) is 4.21. The molecule has 0 saturated heterocycles. The lowest BCUT2D eigenvalue weighted by Crippen LogP contribution is -2.11. The topological polar surface area (TPSA) is 87.2 Å². The zero-order chi connectivity index (χ0) is 13.2. The molecule has 0 bridgehead atoms. The van der Waals surface area contributed by atoms with E-state index in [1.165, 1.54) is 6.07 Å². The quantitative estimate of drug-likeness (QED) is 0.638. The predicted octanol–water partition coefficient (Wildman–Crippen LogP) is 1.98. The number of benzene rings is 1. The van der Waals surface area contributed by atoms with Gasteiger partial charge in [-0.25, -0.2) is 0 Å². The first-order valence-electron chi connectivity index (χ1n) is 4.21. The fourth-order valence-corrected chi connectivity index (χ4v) is 1.33. The molecule has 0 heterocycles. The van der Waals surface area contributed by atoms with Crippen LogP contribution in [-0.4, -0.2) is 10.0 Å². The lowest BCUT2D eigenvalue weighted by Gasteiger charge is -2.11. The van der Waals surface area contributed by atoms with Crippen molar-refractivity contribution in [1.29, 1.82) is 5.26 Å². The number of alkyl halides is 3. The highest BCUT2D eigenvalue weighted by Gasteiger charge is 2.36. The second kappa shape index (κ2) is 4.39. The standard InChI is InChI=1S/C9H5F3N2O3/c10-9(11,12)7-1-2-8(14(16)17)6(4-15)5(7)3-13/h1-2,15H,4H2. The van der Waals surface area contributed by atoms with E-state index in [9.17, 15) is 23.3 Å². The van der Waals surface area contributed by atoms with E-state index >= 15 is 0 Å². The summed E-state index contributed by atoms with van der Waals surface area (Å²) in [5.74, 6) is 0. The van der Waals surface area contributed by atoms with Crippen LogP contribution in [0.3, 0.4) is 0 Å². The van der Waals surface area contributed by atoms with Crippen molar-refractivity contribution < 1.29 is 23.2 Å². The Morgan fingerprint density at radius 3 is 2.41 bits per heavy atom. The summed E-state index contributed by atoms with van der Waals surface area (Å²) in [5.41, 5.74) is -3.56. The van der Waals surface area contributed by atoms with Gasteiger partial charge < -0.3 is 5.11 Å². The molecule has 1 aromatic carbocycles. The Morgan fingerprint density at radius 1 is 1.47 bits per heavy atom. The maximum absolute atomic E-state index is 12.5. The van der Waals surface area contributed by atoms with Gasteiger partial charge in [0.25, 0.3) is 5.69 Å².